The molecule has 4 heterocycles. The first-order valence-electron chi connectivity index (χ1n) is 8.89. The van der Waals surface area contributed by atoms with E-state index in [9.17, 15) is 0 Å². The van der Waals surface area contributed by atoms with E-state index >= 15 is 0 Å². The normalized spacial score (nSPS) is 22.9. The molecule has 0 spiro atoms. The molecule has 0 radical (unpaired) electrons. The highest BCUT2D eigenvalue weighted by Crippen LogP contribution is 2.31. The summed E-state index contributed by atoms with van der Waals surface area (Å²) in [5.74, 6) is 1.83. The monoisotopic (exact) mass is 331 g/mol. The van der Waals surface area contributed by atoms with Crippen molar-refractivity contribution in [3.05, 3.63) is 0 Å². The fraction of sp³-hybridized carbons (Fsp3) is 0.750. The lowest BCUT2D eigenvalue weighted by molar-refractivity contribution is 0.314. The Labute approximate surface area is 141 Å². The molecule has 1 atom stereocenters. The Kier molecular flexibility index (Phi) is 4.22. The molecule has 0 aliphatic carbocycles. The van der Waals surface area contributed by atoms with Gasteiger partial charge in [0.2, 0.25) is 11.3 Å². The van der Waals surface area contributed by atoms with E-state index in [4.69, 9.17) is 14.6 Å². The van der Waals surface area contributed by atoms with Gasteiger partial charge in [0.05, 0.1) is 0 Å². The first-order valence-corrected chi connectivity index (χ1v) is 8.89. The van der Waals surface area contributed by atoms with Gasteiger partial charge in [-0.2, -0.15) is 0 Å². The smallest absolute Gasteiger partial charge is 0.245 e. The molecule has 0 saturated carbocycles. The number of fused-ring (bicyclic) bond motifs is 1. The van der Waals surface area contributed by atoms with Crippen molar-refractivity contribution in [2.45, 2.75) is 38.1 Å². The molecule has 8 heteroatoms. The van der Waals surface area contributed by atoms with Gasteiger partial charge in [-0.1, -0.05) is 12.8 Å². The summed E-state index contributed by atoms with van der Waals surface area (Å²) in [7, 11) is 4.29. The van der Waals surface area contributed by atoms with Gasteiger partial charge in [-0.05, 0) is 43.2 Å². The summed E-state index contributed by atoms with van der Waals surface area (Å²) in [6.45, 7) is 4.22. The van der Waals surface area contributed by atoms with Crippen LogP contribution in [0.2, 0.25) is 0 Å². The molecule has 2 aromatic rings. The number of anilines is 2. The van der Waals surface area contributed by atoms with Crippen molar-refractivity contribution >= 4 is 22.9 Å². The molecule has 130 valence electrons. The third kappa shape index (κ3) is 2.90. The van der Waals surface area contributed by atoms with Crippen molar-refractivity contribution in [1.82, 2.24) is 25.2 Å². The van der Waals surface area contributed by atoms with Crippen LogP contribution in [-0.4, -0.2) is 71.5 Å². The Morgan fingerprint density at radius 2 is 1.71 bits per heavy atom. The van der Waals surface area contributed by atoms with E-state index in [1.54, 1.807) is 0 Å². The zero-order chi connectivity index (χ0) is 16.5. The average molecular weight is 331 g/mol. The van der Waals surface area contributed by atoms with Gasteiger partial charge in [0, 0.05) is 32.7 Å². The quantitative estimate of drug-likeness (QED) is 0.838. The van der Waals surface area contributed by atoms with Crippen LogP contribution in [0.5, 0.6) is 0 Å². The van der Waals surface area contributed by atoms with E-state index in [1.165, 1.54) is 25.7 Å². The minimum absolute atomic E-state index is 0.451. The molecule has 0 bridgehead atoms. The third-order valence-electron chi connectivity index (χ3n) is 5.23. The van der Waals surface area contributed by atoms with Gasteiger partial charge >= 0.3 is 0 Å². The largest absolute Gasteiger partial charge is 0.353 e. The van der Waals surface area contributed by atoms with Crippen molar-refractivity contribution in [2.24, 2.45) is 0 Å². The van der Waals surface area contributed by atoms with Gasteiger partial charge in [0.25, 0.3) is 0 Å². The Morgan fingerprint density at radius 1 is 1.00 bits per heavy atom. The highest BCUT2D eigenvalue weighted by molar-refractivity contribution is 5.74. The van der Waals surface area contributed by atoms with Crippen LogP contribution in [0.3, 0.4) is 0 Å². The average Bonchev–Trinajstić information content (AvgIpc) is 3.14. The molecule has 0 amide bonds. The highest BCUT2D eigenvalue weighted by Gasteiger charge is 2.29. The van der Waals surface area contributed by atoms with Crippen LogP contribution in [-0.2, 0) is 0 Å². The minimum atomic E-state index is 0.451. The van der Waals surface area contributed by atoms with E-state index < -0.39 is 0 Å². The van der Waals surface area contributed by atoms with Crippen molar-refractivity contribution in [3.63, 3.8) is 0 Å². The van der Waals surface area contributed by atoms with Crippen LogP contribution in [0.4, 0.5) is 11.6 Å². The first-order chi connectivity index (χ1) is 11.7. The van der Waals surface area contributed by atoms with Gasteiger partial charge in [0.1, 0.15) is 0 Å². The van der Waals surface area contributed by atoms with E-state index in [2.05, 4.69) is 39.1 Å². The molecule has 2 aliphatic rings. The Morgan fingerprint density at radius 3 is 2.38 bits per heavy atom. The number of likely N-dealkylation sites (N-methyl/N-ethyl adjacent to an activating group) is 2. The maximum absolute atomic E-state index is 4.84. The molecule has 8 nitrogen and oxygen atoms in total. The number of likely N-dealkylation sites (tertiary alicyclic amines) is 1. The van der Waals surface area contributed by atoms with Crippen LogP contribution < -0.4 is 9.80 Å². The van der Waals surface area contributed by atoms with Crippen LogP contribution in [0.15, 0.2) is 4.63 Å². The molecular weight excluding hydrogens is 306 g/mol. The minimum Gasteiger partial charge on any atom is -0.353 e. The SMILES string of the molecule is CN1CC[C@@H](N(C)c2nc3nonc3nc2N2CCCCCC2)C1. The van der Waals surface area contributed by atoms with Crippen molar-refractivity contribution in [3.8, 4) is 0 Å². The second kappa shape index (κ2) is 6.51. The molecule has 2 aromatic heterocycles. The van der Waals surface area contributed by atoms with E-state index in [0.717, 1.165) is 44.2 Å². The number of rotatable bonds is 3. The molecule has 0 unspecified atom stereocenters. The number of aromatic nitrogens is 4. The van der Waals surface area contributed by atoms with Gasteiger partial charge in [-0.25, -0.2) is 14.6 Å². The predicted octanol–water partition coefficient (Wildman–Crippen LogP) is 1.53. The van der Waals surface area contributed by atoms with Gasteiger partial charge in [0.15, 0.2) is 11.6 Å². The summed E-state index contributed by atoms with van der Waals surface area (Å²) in [5.41, 5.74) is 0.983. The summed E-state index contributed by atoms with van der Waals surface area (Å²) in [4.78, 5) is 16.5. The number of nitrogens with zero attached hydrogens (tertiary/aromatic N) is 7. The lowest BCUT2D eigenvalue weighted by Crippen LogP contribution is -2.36. The van der Waals surface area contributed by atoms with Gasteiger partial charge in [-0.15, -0.1) is 0 Å². The van der Waals surface area contributed by atoms with Crippen LogP contribution in [0.25, 0.3) is 11.3 Å². The first kappa shape index (κ1) is 15.6. The Hall–Kier alpha value is -1.96. The fourth-order valence-electron chi connectivity index (χ4n) is 3.75. The molecule has 0 N–H and O–H groups in total. The zero-order valence-corrected chi connectivity index (χ0v) is 14.5. The standard InChI is InChI=1S/C16H25N7O/c1-21-10-7-12(11-21)22(2)15-16(23-8-5-3-4-6-9-23)18-14-13(17-15)19-24-20-14/h12H,3-11H2,1-2H3/t12-/m1/s1. The van der Waals surface area contributed by atoms with Crippen molar-refractivity contribution < 1.29 is 4.63 Å². The predicted molar refractivity (Wildman–Crippen MR) is 92.4 cm³/mol. The topological polar surface area (TPSA) is 74.4 Å². The summed E-state index contributed by atoms with van der Waals surface area (Å²) in [6, 6.07) is 0.451. The molecule has 4 rings (SSSR count). The summed E-state index contributed by atoms with van der Waals surface area (Å²) in [6.07, 6.45) is 6.12. The maximum atomic E-state index is 4.84. The molecule has 24 heavy (non-hydrogen) atoms. The number of hydrogen-bond acceptors (Lipinski definition) is 8. The Balaban J connectivity index is 1.72. The van der Waals surface area contributed by atoms with Crippen LogP contribution in [0.1, 0.15) is 32.1 Å². The molecule has 0 aromatic carbocycles. The van der Waals surface area contributed by atoms with Crippen molar-refractivity contribution in [2.75, 3.05) is 50.1 Å². The summed E-state index contributed by atoms with van der Waals surface area (Å²) < 4.78 is 4.84. The lowest BCUT2D eigenvalue weighted by atomic mass is 10.2. The molecule has 2 saturated heterocycles. The highest BCUT2D eigenvalue weighted by atomic mass is 16.6. The molecule has 2 fully saturated rings. The molecular formula is C16H25N7O. The lowest BCUT2D eigenvalue weighted by Gasteiger charge is -2.30. The van der Waals surface area contributed by atoms with Crippen molar-refractivity contribution in [1.29, 1.82) is 0 Å². The van der Waals surface area contributed by atoms with Gasteiger partial charge < -0.3 is 14.7 Å². The second-order valence-corrected chi connectivity index (χ2v) is 7.00. The maximum Gasteiger partial charge on any atom is 0.245 e. The third-order valence-corrected chi connectivity index (χ3v) is 5.23. The number of hydrogen-bond donors (Lipinski definition) is 0. The Bertz CT molecular complexity index is 695. The van der Waals surface area contributed by atoms with E-state index in [1.807, 2.05) is 0 Å². The summed E-state index contributed by atoms with van der Waals surface area (Å²) >= 11 is 0. The second-order valence-electron chi connectivity index (χ2n) is 7.00. The van der Waals surface area contributed by atoms with Crippen LogP contribution >= 0.6 is 0 Å². The van der Waals surface area contributed by atoms with E-state index in [0.29, 0.717) is 17.3 Å². The zero-order valence-electron chi connectivity index (χ0n) is 14.5. The van der Waals surface area contributed by atoms with Crippen LogP contribution in [0, 0.1) is 0 Å². The molecule has 2 aliphatic heterocycles. The van der Waals surface area contributed by atoms with Gasteiger partial charge in [-0.3, -0.25) is 0 Å². The van der Waals surface area contributed by atoms with E-state index in [-0.39, 0.29) is 0 Å². The fourth-order valence-corrected chi connectivity index (χ4v) is 3.75. The summed E-state index contributed by atoms with van der Waals surface area (Å²) in [5, 5.41) is 7.79.